The molecule has 62 heavy (non-hydrogen) atoms. The molecule has 0 aliphatic rings. The van der Waals surface area contributed by atoms with Crippen molar-refractivity contribution in [1.29, 1.82) is 0 Å². The number of rotatable bonds is 52. The van der Waals surface area contributed by atoms with Crippen LogP contribution in [0, 0.1) is 0 Å². The van der Waals surface area contributed by atoms with Gasteiger partial charge in [-0.05, 0) is 70.6 Å². The molecule has 0 aromatic heterocycles. The lowest BCUT2D eigenvalue weighted by Gasteiger charge is -2.18. The second kappa shape index (κ2) is 53.7. The van der Waals surface area contributed by atoms with Crippen molar-refractivity contribution in [3.8, 4) is 0 Å². The van der Waals surface area contributed by atoms with Crippen LogP contribution in [0.3, 0.4) is 0 Å². The molecule has 0 heterocycles. The summed E-state index contributed by atoms with van der Waals surface area (Å²) in [5.41, 5.74) is 0. The van der Waals surface area contributed by atoms with Gasteiger partial charge in [0.25, 0.3) is 0 Å². The Balaban J connectivity index is 4.24. The van der Waals surface area contributed by atoms with Crippen molar-refractivity contribution in [2.75, 3.05) is 19.8 Å². The maximum atomic E-state index is 12.8. The van der Waals surface area contributed by atoms with Gasteiger partial charge in [0.15, 0.2) is 6.10 Å². The van der Waals surface area contributed by atoms with E-state index in [1.807, 2.05) is 0 Å². The summed E-state index contributed by atoms with van der Waals surface area (Å²) in [5, 5.41) is 0. The second-order valence-corrected chi connectivity index (χ2v) is 18.8. The average molecular weight is 873 g/mol. The lowest BCUT2D eigenvalue weighted by atomic mass is 10.0. The van der Waals surface area contributed by atoms with Gasteiger partial charge in [0.2, 0.25) is 0 Å². The van der Waals surface area contributed by atoms with Crippen molar-refractivity contribution >= 4 is 11.9 Å². The first-order valence-corrected chi connectivity index (χ1v) is 27.9. The van der Waals surface area contributed by atoms with Crippen LogP contribution in [0.15, 0.2) is 24.3 Å². The van der Waals surface area contributed by atoms with Gasteiger partial charge in [-0.25, -0.2) is 0 Å². The van der Waals surface area contributed by atoms with Crippen LogP contribution in [-0.4, -0.2) is 37.9 Å². The topological polar surface area (TPSA) is 61.8 Å². The molecule has 0 rings (SSSR count). The highest BCUT2D eigenvalue weighted by atomic mass is 16.6. The van der Waals surface area contributed by atoms with Crippen LogP contribution in [0.2, 0.25) is 0 Å². The molecule has 0 N–H and O–H groups in total. The summed E-state index contributed by atoms with van der Waals surface area (Å²) in [4.78, 5) is 25.4. The average Bonchev–Trinajstić information content (AvgIpc) is 3.27. The van der Waals surface area contributed by atoms with Gasteiger partial charge in [-0.1, -0.05) is 244 Å². The summed E-state index contributed by atoms with van der Waals surface area (Å²) in [7, 11) is 0. The molecule has 5 nitrogen and oxygen atoms in total. The minimum atomic E-state index is -0.536. The molecule has 0 spiro atoms. The third kappa shape index (κ3) is 51.0. The smallest absolute Gasteiger partial charge is 0.306 e. The lowest BCUT2D eigenvalue weighted by molar-refractivity contribution is -0.163. The summed E-state index contributed by atoms with van der Waals surface area (Å²) >= 11 is 0. The Morgan fingerprint density at radius 3 is 1.00 bits per heavy atom. The van der Waals surface area contributed by atoms with Crippen molar-refractivity contribution in [1.82, 2.24) is 0 Å². The fraction of sp³-hybridized carbons (Fsp3) is 0.895. The van der Waals surface area contributed by atoms with Crippen LogP contribution in [0.5, 0.6) is 0 Å². The summed E-state index contributed by atoms with van der Waals surface area (Å²) in [5.74, 6) is -0.393. The largest absolute Gasteiger partial charge is 0.462 e. The number of unbranched alkanes of at least 4 members (excludes halogenated alkanes) is 37. The number of ether oxygens (including phenoxy) is 3. The highest BCUT2D eigenvalue weighted by Crippen LogP contribution is 2.16. The summed E-state index contributed by atoms with van der Waals surface area (Å²) in [6, 6.07) is 0. The Morgan fingerprint density at radius 1 is 0.339 bits per heavy atom. The molecule has 1 atom stereocenters. The second-order valence-electron chi connectivity index (χ2n) is 18.8. The normalized spacial score (nSPS) is 12.2. The van der Waals surface area contributed by atoms with Gasteiger partial charge in [-0.2, -0.15) is 0 Å². The Hall–Kier alpha value is -1.62. The standard InChI is InChI=1S/C57H108O5/c1-4-7-10-13-16-19-22-25-28-31-34-37-40-43-46-49-52-60-53-55(62-57(59)51-48-45-42-39-36-33-30-27-24-21-18-15-12-9-6-3)54-61-56(58)50-47-44-41-38-35-32-29-26-23-20-17-14-11-8-5-2/h20,23,27,30,55H,4-19,21-22,24-26,28-29,31-54H2,1-3H3/b23-20-,30-27-/t55-/m1/s1. The highest BCUT2D eigenvalue weighted by molar-refractivity contribution is 5.70. The van der Waals surface area contributed by atoms with E-state index in [9.17, 15) is 9.59 Å². The van der Waals surface area contributed by atoms with E-state index in [1.165, 1.54) is 225 Å². The number of carbonyl (C=O) groups is 2. The minimum absolute atomic E-state index is 0.0864. The van der Waals surface area contributed by atoms with Gasteiger partial charge in [0, 0.05) is 19.4 Å². The minimum Gasteiger partial charge on any atom is -0.462 e. The van der Waals surface area contributed by atoms with Crippen molar-refractivity contribution < 1.29 is 23.8 Å². The molecule has 366 valence electrons. The Morgan fingerprint density at radius 2 is 0.629 bits per heavy atom. The van der Waals surface area contributed by atoms with E-state index in [2.05, 4.69) is 45.1 Å². The van der Waals surface area contributed by atoms with Crippen molar-refractivity contribution in [2.45, 2.75) is 309 Å². The predicted octanol–water partition coefficient (Wildman–Crippen LogP) is 18.8. The fourth-order valence-corrected chi connectivity index (χ4v) is 8.27. The van der Waals surface area contributed by atoms with Crippen LogP contribution in [0.25, 0.3) is 0 Å². The molecule has 0 aromatic rings. The van der Waals surface area contributed by atoms with Gasteiger partial charge in [0.05, 0.1) is 6.61 Å². The predicted molar refractivity (Wildman–Crippen MR) is 270 cm³/mol. The quantitative estimate of drug-likeness (QED) is 0.0346. The van der Waals surface area contributed by atoms with Crippen molar-refractivity contribution in [3.63, 3.8) is 0 Å². The number of hydrogen-bond donors (Lipinski definition) is 0. The maximum Gasteiger partial charge on any atom is 0.306 e. The Kier molecular flexibility index (Phi) is 52.3. The highest BCUT2D eigenvalue weighted by Gasteiger charge is 2.17. The lowest BCUT2D eigenvalue weighted by Crippen LogP contribution is -2.30. The third-order valence-corrected chi connectivity index (χ3v) is 12.5. The molecule has 0 aliphatic carbocycles. The van der Waals surface area contributed by atoms with Crippen LogP contribution in [0.1, 0.15) is 303 Å². The monoisotopic (exact) mass is 873 g/mol. The van der Waals surface area contributed by atoms with Gasteiger partial charge in [-0.3, -0.25) is 9.59 Å². The fourth-order valence-electron chi connectivity index (χ4n) is 8.27. The molecule has 5 heteroatoms. The first kappa shape index (κ1) is 60.4. The van der Waals surface area contributed by atoms with Crippen molar-refractivity contribution in [3.05, 3.63) is 24.3 Å². The molecule has 0 unspecified atom stereocenters. The summed E-state index contributed by atoms with van der Waals surface area (Å²) < 4.78 is 17.5. The van der Waals surface area contributed by atoms with Gasteiger partial charge in [0.1, 0.15) is 6.61 Å². The SMILES string of the molecule is CCCCCC/C=C\CCCCCCCCCC(=O)OC[C@@H](COCCCCCCCCCCCCCCCCCC)OC(=O)CCCCCCC/C=C\CCCCCCCC. The number of carbonyl (C=O) groups excluding carboxylic acids is 2. The summed E-state index contributed by atoms with van der Waals surface area (Å²) in [6.07, 6.45) is 63.3. The zero-order valence-corrected chi connectivity index (χ0v) is 42.2. The van der Waals surface area contributed by atoms with E-state index in [0.717, 1.165) is 44.9 Å². The molecule has 0 amide bonds. The zero-order valence-electron chi connectivity index (χ0n) is 42.2. The third-order valence-electron chi connectivity index (χ3n) is 12.5. The summed E-state index contributed by atoms with van der Waals surface area (Å²) in [6.45, 7) is 7.86. The van der Waals surface area contributed by atoms with E-state index in [-0.39, 0.29) is 18.5 Å². The van der Waals surface area contributed by atoms with Gasteiger partial charge >= 0.3 is 11.9 Å². The molecule has 0 saturated carbocycles. The molecule has 0 bridgehead atoms. The van der Waals surface area contributed by atoms with Crippen LogP contribution < -0.4 is 0 Å². The van der Waals surface area contributed by atoms with E-state index in [1.54, 1.807) is 0 Å². The van der Waals surface area contributed by atoms with Crippen molar-refractivity contribution in [2.24, 2.45) is 0 Å². The molecule has 0 aromatic carbocycles. The zero-order chi connectivity index (χ0) is 44.9. The van der Waals surface area contributed by atoms with Crippen LogP contribution in [0.4, 0.5) is 0 Å². The molecular formula is C57H108O5. The van der Waals surface area contributed by atoms with Gasteiger partial charge in [-0.15, -0.1) is 0 Å². The maximum absolute atomic E-state index is 12.8. The molecule has 0 fully saturated rings. The van der Waals surface area contributed by atoms with E-state index in [0.29, 0.717) is 26.1 Å². The molecule has 0 saturated heterocycles. The number of allylic oxidation sites excluding steroid dienone is 4. The first-order valence-electron chi connectivity index (χ1n) is 27.9. The Bertz CT molecular complexity index is 943. The molecule has 0 radical (unpaired) electrons. The van der Waals surface area contributed by atoms with Gasteiger partial charge < -0.3 is 14.2 Å². The van der Waals surface area contributed by atoms with Crippen LogP contribution >= 0.6 is 0 Å². The number of esters is 2. The van der Waals surface area contributed by atoms with E-state index in [4.69, 9.17) is 14.2 Å². The van der Waals surface area contributed by atoms with E-state index >= 15 is 0 Å². The van der Waals surface area contributed by atoms with E-state index < -0.39 is 6.10 Å². The molecular weight excluding hydrogens is 765 g/mol. The first-order chi connectivity index (χ1) is 30.6. The number of hydrogen-bond acceptors (Lipinski definition) is 5. The Labute approximate surface area is 387 Å². The van der Waals surface area contributed by atoms with Crippen LogP contribution in [-0.2, 0) is 23.8 Å². The molecule has 0 aliphatic heterocycles.